The van der Waals surface area contributed by atoms with Crippen molar-refractivity contribution in [2.75, 3.05) is 0 Å². The summed E-state index contributed by atoms with van der Waals surface area (Å²) in [5.41, 5.74) is 6.43. The molecule has 1 aliphatic carbocycles. The molecule has 3 aromatic carbocycles. The van der Waals surface area contributed by atoms with Gasteiger partial charge < -0.3 is 25.4 Å². The van der Waals surface area contributed by atoms with E-state index in [1.54, 1.807) is 18.2 Å². The number of ketones is 2. The Hall–Kier alpha value is -4.17. The number of phenolic OH excluding ortho intramolecular Hbond substituents is 2. The number of esters is 1. The average molecular weight is 443 g/mol. The number of carbonyl (C=O) groups excluding carboxylic acids is 3. The van der Waals surface area contributed by atoms with Crippen molar-refractivity contribution in [2.45, 2.75) is 25.0 Å². The van der Waals surface area contributed by atoms with Crippen LogP contribution in [0.2, 0.25) is 0 Å². The molecular weight excluding hydrogens is 426 g/mol. The summed E-state index contributed by atoms with van der Waals surface area (Å²) < 4.78 is 12.0. The number of ether oxygens (including phenoxy) is 2. The molecular formula is C25H17NO7. The number of nitrogens with two attached hydrogens (primary N) is 1. The van der Waals surface area contributed by atoms with Crippen LogP contribution in [0.15, 0.2) is 42.5 Å². The van der Waals surface area contributed by atoms with Gasteiger partial charge in [0.25, 0.3) is 0 Å². The largest absolute Gasteiger partial charge is 0.508 e. The zero-order chi connectivity index (χ0) is 23.1. The van der Waals surface area contributed by atoms with Crippen molar-refractivity contribution in [3.63, 3.8) is 0 Å². The molecule has 0 unspecified atom stereocenters. The lowest BCUT2D eigenvalue weighted by Crippen LogP contribution is -2.33. The van der Waals surface area contributed by atoms with Crippen LogP contribution in [0.1, 0.15) is 66.2 Å². The van der Waals surface area contributed by atoms with Gasteiger partial charge in [-0.2, -0.15) is 0 Å². The SMILES string of the molecule is NCc1cc2c(c3c1C(=O)CCC3=O)C(=O)OC21c2ccc(O)cc2Oc2cc(O)ccc21. The van der Waals surface area contributed by atoms with E-state index >= 15 is 0 Å². The third kappa shape index (κ3) is 2.41. The monoisotopic (exact) mass is 443 g/mol. The fourth-order valence-electron chi connectivity index (χ4n) is 5.15. The minimum Gasteiger partial charge on any atom is -0.508 e. The summed E-state index contributed by atoms with van der Waals surface area (Å²) in [6, 6.07) is 10.5. The van der Waals surface area contributed by atoms with Crippen LogP contribution in [0, 0.1) is 0 Å². The van der Waals surface area contributed by atoms with Crippen molar-refractivity contribution in [3.05, 3.63) is 81.4 Å². The predicted molar refractivity (Wildman–Crippen MR) is 114 cm³/mol. The zero-order valence-corrected chi connectivity index (χ0v) is 17.2. The van der Waals surface area contributed by atoms with Gasteiger partial charge >= 0.3 is 5.97 Å². The number of hydrogen-bond donors (Lipinski definition) is 3. The van der Waals surface area contributed by atoms with E-state index in [4.69, 9.17) is 15.2 Å². The lowest BCUT2D eigenvalue weighted by molar-refractivity contribution is 0.0223. The van der Waals surface area contributed by atoms with Crippen LogP contribution in [-0.4, -0.2) is 27.7 Å². The summed E-state index contributed by atoms with van der Waals surface area (Å²) in [6.07, 6.45) is 0.0699. The summed E-state index contributed by atoms with van der Waals surface area (Å²) >= 11 is 0. The number of benzene rings is 3. The van der Waals surface area contributed by atoms with Crippen molar-refractivity contribution in [1.29, 1.82) is 0 Å². The molecule has 0 amide bonds. The first-order chi connectivity index (χ1) is 15.8. The molecule has 3 aromatic rings. The molecule has 2 heterocycles. The Morgan fingerprint density at radius 3 is 1.94 bits per heavy atom. The smallest absolute Gasteiger partial charge is 0.340 e. The first kappa shape index (κ1) is 19.5. The number of fused-ring (bicyclic) bond motifs is 8. The quantitative estimate of drug-likeness (QED) is 0.488. The molecule has 0 saturated heterocycles. The van der Waals surface area contributed by atoms with E-state index in [0.717, 1.165) is 0 Å². The Labute approximate surface area is 187 Å². The van der Waals surface area contributed by atoms with Gasteiger partial charge in [0.1, 0.15) is 23.0 Å². The second kappa shape index (κ2) is 6.43. The zero-order valence-electron chi connectivity index (χ0n) is 17.2. The average Bonchev–Trinajstić information content (AvgIpc) is 3.07. The third-order valence-corrected chi connectivity index (χ3v) is 6.50. The maximum Gasteiger partial charge on any atom is 0.340 e. The minimum atomic E-state index is -1.52. The van der Waals surface area contributed by atoms with Crippen molar-refractivity contribution in [1.82, 2.24) is 0 Å². The minimum absolute atomic E-state index is 0.00457. The number of Topliss-reactive ketones (excluding diaryl/α,β-unsaturated/α-hetero) is 2. The normalized spacial score (nSPS) is 17.1. The van der Waals surface area contributed by atoms with E-state index < -0.39 is 11.6 Å². The molecule has 0 bridgehead atoms. The third-order valence-electron chi connectivity index (χ3n) is 6.50. The van der Waals surface area contributed by atoms with E-state index in [9.17, 15) is 24.6 Å². The molecule has 0 aromatic heterocycles. The lowest BCUT2D eigenvalue weighted by atomic mass is 9.73. The Balaban J connectivity index is 1.77. The first-order valence-electron chi connectivity index (χ1n) is 10.4. The Morgan fingerprint density at radius 1 is 0.788 bits per heavy atom. The number of rotatable bonds is 1. The molecule has 8 nitrogen and oxygen atoms in total. The fourth-order valence-corrected chi connectivity index (χ4v) is 5.15. The van der Waals surface area contributed by atoms with Gasteiger partial charge in [-0.15, -0.1) is 0 Å². The predicted octanol–water partition coefficient (Wildman–Crippen LogP) is 3.28. The number of phenols is 2. The van der Waals surface area contributed by atoms with Gasteiger partial charge in [0, 0.05) is 59.3 Å². The second-order valence-corrected chi connectivity index (χ2v) is 8.29. The van der Waals surface area contributed by atoms with Gasteiger partial charge in [-0.3, -0.25) is 9.59 Å². The Kier molecular flexibility index (Phi) is 3.80. The van der Waals surface area contributed by atoms with Crippen molar-refractivity contribution in [3.8, 4) is 23.0 Å². The van der Waals surface area contributed by atoms with E-state index in [0.29, 0.717) is 22.3 Å². The molecule has 0 fully saturated rings. The molecule has 6 rings (SSSR count). The summed E-state index contributed by atoms with van der Waals surface area (Å²) in [5, 5.41) is 20.1. The van der Waals surface area contributed by atoms with Gasteiger partial charge in [-0.05, 0) is 35.9 Å². The number of carbonyl (C=O) groups is 3. The molecule has 2 aliphatic heterocycles. The fraction of sp³-hybridized carbons (Fsp3) is 0.160. The van der Waals surface area contributed by atoms with Crippen molar-refractivity contribution < 1.29 is 34.1 Å². The maximum absolute atomic E-state index is 13.4. The summed E-state index contributed by atoms with van der Waals surface area (Å²) in [6.45, 7) is -0.0136. The number of aromatic hydroxyl groups is 2. The number of hydrogen-bond acceptors (Lipinski definition) is 8. The van der Waals surface area contributed by atoms with Crippen LogP contribution in [0.3, 0.4) is 0 Å². The van der Waals surface area contributed by atoms with Crippen molar-refractivity contribution >= 4 is 17.5 Å². The standard InChI is InChI=1S/C25H17NO7/c26-10-11-7-16-22(23-18(30)6-5-17(29)21(11)23)24(31)33-25(16)14-3-1-12(27)8-19(14)32-20-9-13(28)2-4-15(20)25/h1-4,7-9,27-28H,5-6,10,26H2. The highest BCUT2D eigenvalue weighted by molar-refractivity contribution is 6.20. The second-order valence-electron chi connectivity index (χ2n) is 8.29. The maximum atomic E-state index is 13.4. The first-order valence-corrected chi connectivity index (χ1v) is 10.4. The topological polar surface area (TPSA) is 136 Å². The Bertz CT molecular complexity index is 1390. The molecule has 4 N–H and O–H groups in total. The molecule has 8 heteroatoms. The highest BCUT2D eigenvalue weighted by Crippen LogP contribution is 2.58. The molecule has 0 radical (unpaired) electrons. The lowest BCUT2D eigenvalue weighted by Gasteiger charge is -2.36. The highest BCUT2D eigenvalue weighted by Gasteiger charge is 2.55. The molecule has 3 aliphatic rings. The van der Waals surface area contributed by atoms with E-state index in [2.05, 4.69) is 0 Å². The van der Waals surface area contributed by atoms with Crippen LogP contribution in [0.4, 0.5) is 0 Å². The van der Waals surface area contributed by atoms with Gasteiger partial charge in [-0.25, -0.2) is 4.79 Å². The van der Waals surface area contributed by atoms with Gasteiger partial charge in [-0.1, -0.05) is 0 Å². The van der Waals surface area contributed by atoms with Crippen LogP contribution in [-0.2, 0) is 16.9 Å². The molecule has 1 spiro atoms. The molecule has 164 valence electrons. The van der Waals surface area contributed by atoms with Crippen LogP contribution >= 0.6 is 0 Å². The van der Waals surface area contributed by atoms with Crippen LogP contribution in [0.25, 0.3) is 0 Å². The summed E-state index contributed by atoms with van der Waals surface area (Å²) in [4.78, 5) is 39.0. The summed E-state index contributed by atoms with van der Waals surface area (Å²) in [7, 11) is 0. The van der Waals surface area contributed by atoms with E-state index in [1.807, 2.05) is 0 Å². The van der Waals surface area contributed by atoms with E-state index in [1.165, 1.54) is 24.3 Å². The van der Waals surface area contributed by atoms with Gasteiger partial charge in [0.2, 0.25) is 0 Å². The Morgan fingerprint density at radius 2 is 1.36 bits per heavy atom. The molecule has 0 atom stereocenters. The highest BCUT2D eigenvalue weighted by atomic mass is 16.6. The summed E-state index contributed by atoms with van der Waals surface area (Å²) in [5.74, 6) is -0.964. The van der Waals surface area contributed by atoms with Crippen LogP contribution < -0.4 is 10.5 Å². The van der Waals surface area contributed by atoms with Crippen molar-refractivity contribution in [2.24, 2.45) is 5.73 Å². The molecule has 33 heavy (non-hydrogen) atoms. The van der Waals surface area contributed by atoms with Crippen LogP contribution in [0.5, 0.6) is 23.0 Å². The van der Waals surface area contributed by atoms with E-state index in [-0.39, 0.29) is 70.6 Å². The van der Waals surface area contributed by atoms with Gasteiger partial charge in [0.15, 0.2) is 17.2 Å². The molecule has 0 saturated carbocycles. The van der Waals surface area contributed by atoms with Gasteiger partial charge in [0.05, 0.1) is 5.56 Å².